The molecule has 28 heavy (non-hydrogen) atoms. The molecule has 0 saturated carbocycles. The molecule has 1 fully saturated rings. The molecule has 0 radical (unpaired) electrons. The van der Waals surface area contributed by atoms with Gasteiger partial charge in [-0.3, -0.25) is 9.69 Å². The number of benzene rings is 1. The predicted octanol–water partition coefficient (Wildman–Crippen LogP) is 4.47. The molecule has 0 aliphatic carbocycles. The lowest BCUT2D eigenvalue weighted by molar-refractivity contribution is 0.0248. The Morgan fingerprint density at radius 2 is 1.71 bits per heavy atom. The molecule has 3 aromatic rings. The lowest BCUT2D eigenvalue weighted by atomic mass is 10.1. The number of ether oxygens (including phenoxy) is 1. The summed E-state index contributed by atoms with van der Waals surface area (Å²) in [6, 6.07) is 8.43. The molecule has 0 spiro atoms. The number of nitrogens with zero attached hydrogens (tertiary/aromatic N) is 3. The third-order valence-corrected chi connectivity index (χ3v) is 5.62. The van der Waals surface area contributed by atoms with Crippen LogP contribution in [0.1, 0.15) is 45.0 Å². The number of pyridine rings is 1. The van der Waals surface area contributed by atoms with E-state index in [2.05, 4.69) is 55.4 Å². The van der Waals surface area contributed by atoms with Gasteiger partial charge in [0.2, 0.25) is 0 Å². The number of para-hydroxylation sites is 1. The lowest BCUT2D eigenvalue weighted by Crippen LogP contribution is -2.37. The van der Waals surface area contributed by atoms with Gasteiger partial charge < -0.3 is 13.9 Å². The lowest BCUT2D eigenvalue weighted by Gasteiger charge is -2.28. The smallest absolute Gasteiger partial charge is 0.261 e. The maximum Gasteiger partial charge on any atom is 0.261 e. The van der Waals surface area contributed by atoms with Crippen molar-refractivity contribution in [1.82, 2.24) is 14.0 Å². The molecule has 1 saturated heterocycles. The van der Waals surface area contributed by atoms with Gasteiger partial charge in [-0.15, -0.1) is 0 Å². The Labute approximate surface area is 167 Å². The predicted molar refractivity (Wildman–Crippen MR) is 117 cm³/mol. The van der Waals surface area contributed by atoms with Crippen molar-refractivity contribution in [1.29, 1.82) is 0 Å². The van der Waals surface area contributed by atoms with Crippen LogP contribution in [0.2, 0.25) is 0 Å². The van der Waals surface area contributed by atoms with Crippen LogP contribution in [0.5, 0.6) is 0 Å². The van der Waals surface area contributed by atoms with E-state index < -0.39 is 0 Å². The zero-order valence-corrected chi connectivity index (χ0v) is 18.1. The Balaban J connectivity index is 0.00000109. The molecule has 5 nitrogen and oxygen atoms in total. The SMILES string of the molecule is CC.Cc1c(C)n(C(C)C)c(=O)c2c3ccccc3n(CN3CCOCC3)c12. The summed E-state index contributed by atoms with van der Waals surface area (Å²) in [6.45, 7) is 16.5. The van der Waals surface area contributed by atoms with E-state index in [0.717, 1.165) is 60.5 Å². The third kappa shape index (κ3) is 3.38. The molecular weight excluding hydrogens is 350 g/mol. The molecule has 3 heterocycles. The van der Waals surface area contributed by atoms with E-state index in [1.165, 1.54) is 5.56 Å². The highest BCUT2D eigenvalue weighted by Gasteiger charge is 2.22. The molecule has 5 heteroatoms. The maximum atomic E-state index is 13.4. The Hall–Kier alpha value is -2.11. The molecule has 0 amide bonds. The van der Waals surface area contributed by atoms with Crippen molar-refractivity contribution >= 4 is 21.8 Å². The van der Waals surface area contributed by atoms with Gasteiger partial charge in [0.15, 0.2) is 0 Å². The van der Waals surface area contributed by atoms with Gasteiger partial charge in [-0.2, -0.15) is 0 Å². The van der Waals surface area contributed by atoms with Gasteiger partial charge in [-0.05, 0) is 39.3 Å². The monoisotopic (exact) mass is 383 g/mol. The van der Waals surface area contributed by atoms with Gasteiger partial charge in [0.25, 0.3) is 5.56 Å². The number of aromatic nitrogens is 2. The van der Waals surface area contributed by atoms with E-state index in [0.29, 0.717) is 0 Å². The largest absolute Gasteiger partial charge is 0.379 e. The van der Waals surface area contributed by atoms with Crippen LogP contribution in [-0.2, 0) is 11.4 Å². The number of hydrogen-bond donors (Lipinski definition) is 0. The summed E-state index contributed by atoms with van der Waals surface area (Å²) in [7, 11) is 0. The standard InChI is InChI=1S/C21H27N3O2.C2H6/c1-14(2)24-16(4)15(3)20-19(21(24)25)17-7-5-6-8-18(17)23(20)13-22-9-11-26-12-10-22;1-2/h5-8,14H,9-13H2,1-4H3;1-2H3. The summed E-state index contributed by atoms with van der Waals surface area (Å²) in [6.07, 6.45) is 0. The maximum absolute atomic E-state index is 13.4. The molecule has 2 aromatic heterocycles. The zero-order valence-electron chi connectivity index (χ0n) is 18.1. The quantitative estimate of drug-likeness (QED) is 0.670. The molecule has 0 atom stereocenters. The van der Waals surface area contributed by atoms with Gasteiger partial charge in [0, 0.05) is 30.2 Å². The fourth-order valence-electron chi connectivity index (χ4n) is 4.25. The van der Waals surface area contributed by atoms with Crippen molar-refractivity contribution in [3.63, 3.8) is 0 Å². The second-order valence-electron chi connectivity index (χ2n) is 7.52. The minimum absolute atomic E-state index is 0.120. The molecule has 1 aromatic carbocycles. The highest BCUT2D eigenvalue weighted by atomic mass is 16.5. The average Bonchev–Trinajstić information content (AvgIpc) is 3.03. The Morgan fingerprint density at radius 3 is 2.36 bits per heavy atom. The van der Waals surface area contributed by atoms with E-state index in [-0.39, 0.29) is 11.6 Å². The second kappa shape index (κ2) is 8.50. The molecule has 152 valence electrons. The molecule has 0 unspecified atom stereocenters. The molecule has 1 aliphatic rings. The van der Waals surface area contributed by atoms with Crippen LogP contribution in [-0.4, -0.2) is 40.3 Å². The summed E-state index contributed by atoms with van der Waals surface area (Å²) >= 11 is 0. The Kier molecular flexibility index (Phi) is 6.26. The fourth-order valence-corrected chi connectivity index (χ4v) is 4.25. The molecule has 0 bridgehead atoms. The van der Waals surface area contributed by atoms with E-state index >= 15 is 0 Å². The van der Waals surface area contributed by atoms with Crippen LogP contribution >= 0.6 is 0 Å². The van der Waals surface area contributed by atoms with Crippen LogP contribution in [0.4, 0.5) is 0 Å². The highest BCUT2D eigenvalue weighted by molar-refractivity contribution is 6.08. The van der Waals surface area contributed by atoms with Gasteiger partial charge in [-0.1, -0.05) is 32.0 Å². The first-order chi connectivity index (χ1) is 13.5. The fraction of sp³-hybridized carbons (Fsp3) is 0.522. The van der Waals surface area contributed by atoms with Crippen molar-refractivity contribution in [2.45, 2.75) is 54.3 Å². The molecular formula is C23H33N3O2. The minimum Gasteiger partial charge on any atom is -0.379 e. The Morgan fingerprint density at radius 1 is 1.07 bits per heavy atom. The van der Waals surface area contributed by atoms with E-state index in [1.807, 2.05) is 24.5 Å². The zero-order chi connectivity index (χ0) is 20.4. The Bertz CT molecular complexity index is 1020. The first-order valence-corrected chi connectivity index (χ1v) is 10.4. The van der Waals surface area contributed by atoms with Crippen molar-refractivity contribution < 1.29 is 4.74 Å². The van der Waals surface area contributed by atoms with Crippen LogP contribution in [0, 0.1) is 13.8 Å². The number of fused-ring (bicyclic) bond motifs is 3. The van der Waals surface area contributed by atoms with E-state index in [9.17, 15) is 4.79 Å². The normalized spacial score (nSPS) is 15.2. The van der Waals surface area contributed by atoms with Crippen LogP contribution in [0.15, 0.2) is 29.1 Å². The summed E-state index contributed by atoms with van der Waals surface area (Å²) in [5.74, 6) is 0. The molecule has 0 N–H and O–H groups in total. The average molecular weight is 384 g/mol. The highest BCUT2D eigenvalue weighted by Crippen LogP contribution is 2.31. The molecule has 4 rings (SSSR count). The summed E-state index contributed by atoms with van der Waals surface area (Å²) < 4.78 is 9.75. The van der Waals surface area contributed by atoms with Gasteiger partial charge in [0.1, 0.15) is 0 Å². The first kappa shape index (κ1) is 20.6. The van der Waals surface area contributed by atoms with Crippen LogP contribution < -0.4 is 5.56 Å². The summed E-state index contributed by atoms with van der Waals surface area (Å²) in [4.78, 5) is 15.8. The second-order valence-corrected chi connectivity index (χ2v) is 7.52. The summed E-state index contributed by atoms with van der Waals surface area (Å²) in [5.41, 5.74) is 4.59. The minimum atomic E-state index is 0.120. The number of morpholine rings is 1. The topological polar surface area (TPSA) is 39.4 Å². The van der Waals surface area contributed by atoms with Crippen molar-refractivity contribution in [3.8, 4) is 0 Å². The van der Waals surface area contributed by atoms with Gasteiger partial charge in [0.05, 0.1) is 36.3 Å². The number of rotatable bonds is 3. The number of aryl methyl sites for hydroxylation is 1. The van der Waals surface area contributed by atoms with Crippen molar-refractivity contribution in [2.24, 2.45) is 0 Å². The van der Waals surface area contributed by atoms with Crippen LogP contribution in [0.3, 0.4) is 0 Å². The summed E-state index contributed by atoms with van der Waals surface area (Å²) in [5, 5.41) is 1.91. The third-order valence-electron chi connectivity index (χ3n) is 5.62. The van der Waals surface area contributed by atoms with Gasteiger partial charge >= 0.3 is 0 Å². The molecule has 1 aliphatic heterocycles. The van der Waals surface area contributed by atoms with Crippen LogP contribution in [0.25, 0.3) is 21.8 Å². The number of hydrogen-bond acceptors (Lipinski definition) is 3. The van der Waals surface area contributed by atoms with Crippen molar-refractivity contribution in [2.75, 3.05) is 26.3 Å². The van der Waals surface area contributed by atoms with Gasteiger partial charge in [-0.25, -0.2) is 0 Å². The first-order valence-electron chi connectivity index (χ1n) is 10.4. The van der Waals surface area contributed by atoms with Crippen molar-refractivity contribution in [3.05, 3.63) is 45.9 Å². The van der Waals surface area contributed by atoms with E-state index in [4.69, 9.17) is 4.74 Å². The van der Waals surface area contributed by atoms with E-state index in [1.54, 1.807) is 0 Å².